The smallest absolute Gasteiger partial charge is 0.336 e. The van der Waals surface area contributed by atoms with Gasteiger partial charge in [-0.25, -0.2) is 9.78 Å². The third-order valence-corrected chi connectivity index (χ3v) is 2.35. The molecule has 96 valence electrons. The first-order valence-corrected chi connectivity index (χ1v) is 5.47. The van der Waals surface area contributed by atoms with Crippen LogP contribution in [-0.4, -0.2) is 27.0 Å². The number of aromatic nitrogens is 2. The number of nitrogens with one attached hydrogen (secondary N) is 2. The number of benzene rings is 1. The predicted octanol–water partition coefficient (Wildman–Crippen LogP) is 1.76. The first-order chi connectivity index (χ1) is 9.16. The van der Waals surface area contributed by atoms with Crippen LogP contribution in [-0.2, 0) is 4.79 Å². The minimum Gasteiger partial charge on any atom is -0.478 e. The molecular weight excluding hydrogens is 246 g/mol. The summed E-state index contributed by atoms with van der Waals surface area (Å²) in [4.78, 5) is 29.1. The average molecular weight is 257 g/mol. The molecule has 0 atom stereocenters. The average Bonchev–Trinajstić information content (AvgIpc) is 2.89. The van der Waals surface area contributed by atoms with Crippen molar-refractivity contribution in [2.24, 2.45) is 0 Å². The number of aromatic carboxylic acids is 1. The number of anilines is 1. The number of hydrogen-bond acceptors (Lipinski definition) is 3. The van der Waals surface area contributed by atoms with E-state index < -0.39 is 11.9 Å². The summed E-state index contributed by atoms with van der Waals surface area (Å²) in [5.74, 6) is -1.09. The van der Waals surface area contributed by atoms with Crippen molar-refractivity contribution >= 4 is 23.9 Å². The monoisotopic (exact) mass is 257 g/mol. The van der Waals surface area contributed by atoms with E-state index in [0.717, 1.165) is 0 Å². The first-order valence-electron chi connectivity index (χ1n) is 5.47. The molecule has 0 saturated heterocycles. The number of imidazole rings is 1. The Labute approximate surface area is 108 Å². The molecule has 0 aliphatic heterocycles. The Hall–Kier alpha value is -2.89. The second kappa shape index (κ2) is 5.63. The summed E-state index contributed by atoms with van der Waals surface area (Å²) in [5.41, 5.74) is 0.606. The van der Waals surface area contributed by atoms with Gasteiger partial charge in [0.05, 0.1) is 5.56 Å². The van der Waals surface area contributed by atoms with Gasteiger partial charge in [0.2, 0.25) is 5.95 Å². The van der Waals surface area contributed by atoms with E-state index in [2.05, 4.69) is 15.3 Å². The Morgan fingerprint density at radius 1 is 1.32 bits per heavy atom. The maximum Gasteiger partial charge on any atom is 0.336 e. The van der Waals surface area contributed by atoms with Gasteiger partial charge in [-0.2, -0.15) is 0 Å². The van der Waals surface area contributed by atoms with Crippen molar-refractivity contribution in [3.05, 3.63) is 53.9 Å². The van der Waals surface area contributed by atoms with E-state index in [9.17, 15) is 9.59 Å². The van der Waals surface area contributed by atoms with Gasteiger partial charge < -0.3 is 10.1 Å². The minimum atomic E-state index is -1.04. The highest BCUT2D eigenvalue weighted by Crippen LogP contribution is 2.10. The second-order valence-corrected chi connectivity index (χ2v) is 3.65. The van der Waals surface area contributed by atoms with Gasteiger partial charge >= 0.3 is 5.97 Å². The molecule has 19 heavy (non-hydrogen) atoms. The fourth-order valence-electron chi connectivity index (χ4n) is 1.49. The number of hydrogen-bond donors (Lipinski definition) is 3. The van der Waals surface area contributed by atoms with Crippen molar-refractivity contribution < 1.29 is 14.7 Å². The molecule has 0 unspecified atom stereocenters. The number of carbonyl (C=O) groups is 2. The molecule has 6 heteroatoms. The Kier molecular flexibility index (Phi) is 3.72. The molecule has 0 aliphatic rings. The molecule has 0 aliphatic carbocycles. The second-order valence-electron chi connectivity index (χ2n) is 3.65. The number of amides is 1. The van der Waals surface area contributed by atoms with Crippen LogP contribution in [0.2, 0.25) is 0 Å². The Morgan fingerprint density at radius 2 is 2.11 bits per heavy atom. The van der Waals surface area contributed by atoms with Crippen molar-refractivity contribution in [1.82, 2.24) is 9.97 Å². The number of rotatable bonds is 4. The van der Waals surface area contributed by atoms with Crippen LogP contribution in [0.1, 0.15) is 15.9 Å². The molecule has 0 spiro atoms. The van der Waals surface area contributed by atoms with Gasteiger partial charge in [0.1, 0.15) is 0 Å². The summed E-state index contributed by atoms with van der Waals surface area (Å²) in [6, 6.07) is 6.44. The van der Waals surface area contributed by atoms with Crippen LogP contribution in [0.4, 0.5) is 5.95 Å². The van der Waals surface area contributed by atoms with Gasteiger partial charge in [0.15, 0.2) is 0 Å². The highest BCUT2D eigenvalue weighted by molar-refractivity contribution is 6.02. The van der Waals surface area contributed by atoms with Crippen molar-refractivity contribution in [2.45, 2.75) is 0 Å². The number of aromatic amines is 1. The zero-order valence-corrected chi connectivity index (χ0v) is 9.83. The first kappa shape index (κ1) is 12.6. The van der Waals surface area contributed by atoms with Crippen LogP contribution < -0.4 is 5.32 Å². The maximum absolute atomic E-state index is 11.6. The highest BCUT2D eigenvalue weighted by atomic mass is 16.4. The fourth-order valence-corrected chi connectivity index (χ4v) is 1.49. The molecule has 3 N–H and O–H groups in total. The summed E-state index contributed by atoms with van der Waals surface area (Å²) in [7, 11) is 0. The summed E-state index contributed by atoms with van der Waals surface area (Å²) in [5, 5.41) is 11.5. The molecule has 2 aromatic rings. The van der Waals surface area contributed by atoms with Crippen molar-refractivity contribution in [3.8, 4) is 0 Å². The highest BCUT2D eigenvalue weighted by Gasteiger charge is 2.06. The van der Waals surface area contributed by atoms with Crippen LogP contribution >= 0.6 is 0 Å². The normalized spacial score (nSPS) is 10.5. The molecule has 0 saturated carbocycles. The quantitative estimate of drug-likeness (QED) is 0.727. The van der Waals surface area contributed by atoms with Crippen LogP contribution in [0, 0.1) is 0 Å². The van der Waals surface area contributed by atoms with E-state index in [1.165, 1.54) is 24.4 Å². The fraction of sp³-hybridized carbons (Fsp3) is 0. The van der Waals surface area contributed by atoms with E-state index in [4.69, 9.17) is 5.11 Å². The number of H-pyrrole nitrogens is 1. The molecule has 1 aromatic carbocycles. The van der Waals surface area contributed by atoms with E-state index >= 15 is 0 Å². The van der Waals surface area contributed by atoms with Crippen LogP contribution in [0.5, 0.6) is 0 Å². The molecule has 0 fully saturated rings. The molecule has 0 radical (unpaired) electrons. The van der Waals surface area contributed by atoms with Crippen LogP contribution in [0.3, 0.4) is 0 Å². The zero-order chi connectivity index (χ0) is 13.7. The van der Waals surface area contributed by atoms with Crippen molar-refractivity contribution in [3.63, 3.8) is 0 Å². The molecule has 1 amide bonds. The minimum absolute atomic E-state index is 0.143. The molecule has 1 heterocycles. The molecule has 6 nitrogen and oxygen atoms in total. The predicted molar refractivity (Wildman–Crippen MR) is 69.7 cm³/mol. The van der Waals surface area contributed by atoms with E-state index in [1.807, 2.05) is 0 Å². The third kappa shape index (κ3) is 3.29. The maximum atomic E-state index is 11.6. The van der Waals surface area contributed by atoms with Crippen molar-refractivity contribution in [2.75, 3.05) is 5.32 Å². The van der Waals surface area contributed by atoms with Gasteiger partial charge in [-0.15, -0.1) is 0 Å². The summed E-state index contributed by atoms with van der Waals surface area (Å²) in [6.45, 7) is 0. The van der Waals surface area contributed by atoms with E-state index in [1.54, 1.807) is 24.4 Å². The van der Waals surface area contributed by atoms with E-state index in [-0.39, 0.29) is 5.56 Å². The summed E-state index contributed by atoms with van der Waals surface area (Å²) in [6.07, 6.45) is 5.80. The Morgan fingerprint density at radius 3 is 2.79 bits per heavy atom. The van der Waals surface area contributed by atoms with Crippen molar-refractivity contribution in [1.29, 1.82) is 0 Å². The molecule has 1 aromatic heterocycles. The number of carboxylic acid groups (broad SMARTS) is 1. The largest absolute Gasteiger partial charge is 0.478 e. The number of carbonyl (C=O) groups excluding carboxylic acids is 1. The third-order valence-electron chi connectivity index (χ3n) is 2.35. The molecule has 0 bridgehead atoms. The molecular formula is C13H11N3O3. The van der Waals surface area contributed by atoms with Gasteiger partial charge in [0.25, 0.3) is 5.91 Å². The van der Waals surface area contributed by atoms with Gasteiger partial charge in [0, 0.05) is 18.5 Å². The van der Waals surface area contributed by atoms with Gasteiger partial charge in [-0.1, -0.05) is 18.2 Å². The van der Waals surface area contributed by atoms with Gasteiger partial charge in [-0.3, -0.25) is 10.1 Å². The van der Waals surface area contributed by atoms with E-state index in [0.29, 0.717) is 11.5 Å². The lowest BCUT2D eigenvalue weighted by Crippen LogP contribution is -2.09. The van der Waals surface area contributed by atoms with Gasteiger partial charge in [-0.05, 0) is 17.7 Å². The summed E-state index contributed by atoms with van der Waals surface area (Å²) < 4.78 is 0. The lowest BCUT2D eigenvalue weighted by atomic mass is 10.1. The SMILES string of the molecule is O=C(/C=C/c1ccccc1C(=O)O)Nc1ncc[nH]1. The Bertz CT molecular complexity index is 618. The lowest BCUT2D eigenvalue weighted by Gasteiger charge is -2.00. The van der Waals surface area contributed by atoms with Crippen LogP contribution in [0.25, 0.3) is 6.08 Å². The number of nitrogens with zero attached hydrogens (tertiary/aromatic N) is 1. The zero-order valence-electron chi connectivity index (χ0n) is 9.83. The van der Waals surface area contributed by atoms with Crippen LogP contribution in [0.15, 0.2) is 42.7 Å². The standard InChI is InChI=1S/C13H11N3O3/c17-11(16-13-14-7-8-15-13)6-5-9-3-1-2-4-10(9)12(18)19/h1-8H,(H,18,19)(H2,14,15,16,17)/b6-5+. The lowest BCUT2D eigenvalue weighted by molar-refractivity contribution is -0.111. The molecule has 2 rings (SSSR count). The summed E-state index contributed by atoms with van der Waals surface area (Å²) >= 11 is 0. The Balaban J connectivity index is 2.10. The number of carboxylic acids is 1. The topological polar surface area (TPSA) is 95.1 Å².